The van der Waals surface area contributed by atoms with E-state index in [-0.39, 0.29) is 16.7 Å². The molecule has 1 aromatic heterocycles. The third-order valence-electron chi connectivity index (χ3n) is 2.81. The first-order valence-corrected chi connectivity index (χ1v) is 7.03. The molecule has 2 rings (SSSR count). The second-order valence-electron chi connectivity index (χ2n) is 4.15. The molecule has 19 heavy (non-hydrogen) atoms. The van der Waals surface area contributed by atoms with Crippen LogP contribution in [0.5, 0.6) is 0 Å². The highest BCUT2D eigenvalue weighted by atomic mass is 35.5. The first-order valence-electron chi connectivity index (χ1n) is 5.77. The summed E-state index contributed by atoms with van der Waals surface area (Å²) in [6.07, 6.45) is 0. The zero-order valence-electron chi connectivity index (χ0n) is 10.3. The number of nitro benzene ring substituents is 1. The maximum atomic E-state index is 10.9. The van der Waals surface area contributed by atoms with Gasteiger partial charge in [0.05, 0.1) is 4.92 Å². The van der Waals surface area contributed by atoms with Gasteiger partial charge in [-0.25, -0.2) is 0 Å². The maximum Gasteiger partial charge on any atom is 0.273 e. The molecular weight excluding hydrogens is 284 g/mol. The van der Waals surface area contributed by atoms with Crippen LogP contribution < -0.4 is 5.32 Å². The van der Waals surface area contributed by atoms with Gasteiger partial charge in [-0.3, -0.25) is 10.1 Å². The van der Waals surface area contributed by atoms with Crippen molar-refractivity contribution in [2.24, 2.45) is 0 Å². The molecule has 1 heterocycles. The average molecular weight is 297 g/mol. The van der Waals surface area contributed by atoms with Crippen LogP contribution in [0.25, 0.3) is 0 Å². The van der Waals surface area contributed by atoms with Gasteiger partial charge in [0.25, 0.3) is 5.69 Å². The highest BCUT2D eigenvalue weighted by molar-refractivity contribution is 7.10. The molecule has 2 aromatic rings. The molecule has 0 fully saturated rings. The predicted molar refractivity (Wildman–Crippen MR) is 77.7 cm³/mol. The van der Waals surface area contributed by atoms with E-state index in [0.717, 1.165) is 0 Å². The van der Waals surface area contributed by atoms with Crippen molar-refractivity contribution >= 4 is 28.6 Å². The fourth-order valence-electron chi connectivity index (χ4n) is 1.78. The van der Waals surface area contributed by atoms with Gasteiger partial charge in [-0.2, -0.15) is 0 Å². The number of nitro groups is 1. The minimum Gasteiger partial charge on any atom is -0.305 e. The number of hydrogen-bond donors (Lipinski definition) is 1. The molecule has 1 N–H and O–H groups in total. The first-order chi connectivity index (χ1) is 9.08. The standard InChI is InChI=1S/C13H13ClN2O2S/c1-9(13-3-2-6-19-13)15-8-10-7-11(14)4-5-12(10)16(17)18/h2-7,9,15H,8H2,1H3. The van der Waals surface area contributed by atoms with Gasteiger partial charge in [-0.05, 0) is 30.5 Å². The molecule has 0 spiro atoms. The van der Waals surface area contributed by atoms with Crippen LogP contribution in [0.2, 0.25) is 5.02 Å². The Morgan fingerprint density at radius 1 is 1.47 bits per heavy atom. The van der Waals surface area contributed by atoms with Crippen LogP contribution in [-0.2, 0) is 6.54 Å². The zero-order chi connectivity index (χ0) is 13.8. The molecule has 0 aliphatic heterocycles. The Bertz CT molecular complexity index is 572. The average Bonchev–Trinajstić information content (AvgIpc) is 2.89. The highest BCUT2D eigenvalue weighted by Gasteiger charge is 2.15. The van der Waals surface area contributed by atoms with E-state index in [2.05, 4.69) is 5.32 Å². The van der Waals surface area contributed by atoms with Crippen LogP contribution in [-0.4, -0.2) is 4.92 Å². The lowest BCUT2D eigenvalue weighted by Crippen LogP contribution is -2.17. The Kier molecular flexibility index (Phi) is 4.52. The van der Waals surface area contributed by atoms with Crippen molar-refractivity contribution in [1.29, 1.82) is 0 Å². The summed E-state index contributed by atoms with van der Waals surface area (Å²) in [5.74, 6) is 0. The van der Waals surface area contributed by atoms with E-state index in [9.17, 15) is 10.1 Å². The molecule has 0 amide bonds. The topological polar surface area (TPSA) is 55.2 Å². The molecule has 1 aromatic carbocycles. The number of nitrogens with one attached hydrogen (secondary N) is 1. The summed E-state index contributed by atoms with van der Waals surface area (Å²) in [5.41, 5.74) is 0.691. The molecule has 1 unspecified atom stereocenters. The van der Waals surface area contributed by atoms with Crippen molar-refractivity contribution in [1.82, 2.24) is 5.32 Å². The fraction of sp³-hybridized carbons (Fsp3) is 0.231. The second kappa shape index (κ2) is 6.14. The van der Waals surface area contributed by atoms with E-state index in [1.54, 1.807) is 17.4 Å². The van der Waals surface area contributed by atoms with Gasteiger partial charge in [0.2, 0.25) is 0 Å². The predicted octanol–water partition coefficient (Wildman–Crippen LogP) is 4.16. The van der Waals surface area contributed by atoms with E-state index in [1.165, 1.54) is 17.0 Å². The molecule has 1 atom stereocenters. The van der Waals surface area contributed by atoms with Gasteiger partial charge >= 0.3 is 0 Å². The van der Waals surface area contributed by atoms with Crippen molar-refractivity contribution in [3.63, 3.8) is 0 Å². The SMILES string of the molecule is CC(NCc1cc(Cl)ccc1[N+](=O)[O-])c1cccs1. The summed E-state index contributed by atoms with van der Waals surface area (Å²) < 4.78 is 0. The maximum absolute atomic E-state index is 10.9. The highest BCUT2D eigenvalue weighted by Crippen LogP contribution is 2.24. The van der Waals surface area contributed by atoms with Gasteiger partial charge in [-0.1, -0.05) is 17.7 Å². The Balaban J connectivity index is 2.10. The van der Waals surface area contributed by atoms with Crippen molar-refractivity contribution in [2.75, 3.05) is 0 Å². The lowest BCUT2D eigenvalue weighted by atomic mass is 10.1. The largest absolute Gasteiger partial charge is 0.305 e. The van der Waals surface area contributed by atoms with Crippen LogP contribution in [0, 0.1) is 10.1 Å². The summed E-state index contributed by atoms with van der Waals surface area (Å²) in [6, 6.07) is 8.78. The van der Waals surface area contributed by atoms with Crippen LogP contribution in [0.4, 0.5) is 5.69 Å². The van der Waals surface area contributed by atoms with Crippen molar-refractivity contribution in [2.45, 2.75) is 19.5 Å². The molecule has 0 aliphatic rings. The smallest absolute Gasteiger partial charge is 0.273 e. The van der Waals surface area contributed by atoms with E-state index in [1.807, 2.05) is 24.4 Å². The van der Waals surface area contributed by atoms with E-state index in [4.69, 9.17) is 11.6 Å². The Morgan fingerprint density at radius 2 is 2.26 bits per heavy atom. The number of halogens is 1. The lowest BCUT2D eigenvalue weighted by molar-refractivity contribution is -0.385. The second-order valence-corrected chi connectivity index (χ2v) is 5.56. The monoisotopic (exact) mass is 296 g/mol. The summed E-state index contributed by atoms with van der Waals surface area (Å²) in [5, 5.41) is 16.7. The molecule has 0 bridgehead atoms. The number of benzene rings is 1. The molecule has 0 saturated carbocycles. The van der Waals surface area contributed by atoms with Crippen molar-refractivity contribution in [3.8, 4) is 0 Å². The number of hydrogen-bond acceptors (Lipinski definition) is 4. The van der Waals surface area contributed by atoms with Gasteiger partial charge < -0.3 is 5.32 Å². The number of rotatable bonds is 5. The van der Waals surface area contributed by atoms with Crippen LogP contribution >= 0.6 is 22.9 Å². The normalized spacial score (nSPS) is 12.3. The summed E-state index contributed by atoms with van der Waals surface area (Å²) in [6.45, 7) is 2.44. The van der Waals surface area contributed by atoms with Crippen LogP contribution in [0.3, 0.4) is 0 Å². The molecule has 6 heteroatoms. The summed E-state index contributed by atoms with van der Waals surface area (Å²) in [4.78, 5) is 11.8. The lowest BCUT2D eigenvalue weighted by Gasteiger charge is -2.12. The molecule has 4 nitrogen and oxygen atoms in total. The van der Waals surface area contributed by atoms with E-state index in [0.29, 0.717) is 17.1 Å². The molecule has 100 valence electrons. The summed E-state index contributed by atoms with van der Waals surface area (Å²) >= 11 is 7.55. The number of nitrogens with zero attached hydrogens (tertiary/aromatic N) is 1. The Hall–Kier alpha value is -1.43. The van der Waals surface area contributed by atoms with Crippen molar-refractivity contribution < 1.29 is 4.92 Å². The van der Waals surface area contributed by atoms with E-state index >= 15 is 0 Å². The quantitative estimate of drug-likeness (QED) is 0.666. The minimum absolute atomic E-state index is 0.0929. The molecule has 0 radical (unpaired) electrons. The van der Waals surface area contributed by atoms with Crippen LogP contribution in [0.15, 0.2) is 35.7 Å². The van der Waals surface area contributed by atoms with Crippen LogP contribution in [0.1, 0.15) is 23.4 Å². The minimum atomic E-state index is -0.386. The van der Waals surface area contributed by atoms with Gasteiger partial charge in [0.15, 0.2) is 0 Å². The zero-order valence-corrected chi connectivity index (χ0v) is 11.9. The third kappa shape index (κ3) is 3.53. The molecular formula is C13H13ClN2O2S. The van der Waals surface area contributed by atoms with E-state index < -0.39 is 0 Å². The Morgan fingerprint density at radius 3 is 2.89 bits per heavy atom. The van der Waals surface area contributed by atoms with Gasteiger partial charge in [-0.15, -0.1) is 11.3 Å². The molecule has 0 aliphatic carbocycles. The van der Waals surface area contributed by atoms with Gasteiger partial charge in [0.1, 0.15) is 0 Å². The molecule has 0 saturated heterocycles. The Labute approximate surface area is 120 Å². The van der Waals surface area contributed by atoms with Crippen molar-refractivity contribution in [3.05, 3.63) is 61.3 Å². The summed E-state index contributed by atoms with van der Waals surface area (Å²) in [7, 11) is 0. The fourth-order valence-corrected chi connectivity index (χ4v) is 2.73. The van der Waals surface area contributed by atoms with Gasteiger partial charge in [0, 0.05) is 34.1 Å². The third-order valence-corrected chi connectivity index (χ3v) is 4.10. The first kappa shape index (κ1) is 14.0. The number of thiophene rings is 1.